The van der Waals surface area contributed by atoms with E-state index in [1.54, 1.807) is 5.46 Å². The highest BCUT2D eigenvalue weighted by molar-refractivity contribution is 6.52. The van der Waals surface area contributed by atoms with Crippen LogP contribution in [-0.4, -0.2) is 7.28 Å². The fourth-order valence-electron chi connectivity index (χ4n) is 2.17. The van der Waals surface area contributed by atoms with E-state index in [-0.39, 0.29) is 7.28 Å². The molecule has 0 heterocycles. The fraction of sp³-hybridized carbons (Fsp3) is 0.143. The Balaban J connectivity index is 2.03. The van der Waals surface area contributed by atoms with Crippen molar-refractivity contribution in [1.29, 1.82) is 0 Å². The molecule has 0 saturated heterocycles. The Kier molecular flexibility index (Phi) is 3.23. The maximum Gasteiger partial charge on any atom is 0.000581 e. The van der Waals surface area contributed by atoms with Gasteiger partial charge < -0.3 is 0 Å². The van der Waals surface area contributed by atoms with Gasteiger partial charge in [-0.1, -0.05) is 65.7 Å². The van der Waals surface area contributed by atoms with E-state index >= 15 is 0 Å². The molecule has 0 aliphatic carbocycles. The second kappa shape index (κ2) is 4.83. The number of aryl methyl sites for hydroxylation is 1. The van der Waals surface area contributed by atoms with Crippen molar-refractivity contribution < 1.29 is 0 Å². The van der Waals surface area contributed by atoms with Crippen LogP contribution < -0.4 is 5.46 Å². The lowest BCUT2D eigenvalue weighted by Crippen LogP contribution is -2.16. The van der Waals surface area contributed by atoms with E-state index in [1.807, 2.05) is 0 Å². The summed E-state index contributed by atoms with van der Waals surface area (Å²) in [4.78, 5) is 0. The van der Waals surface area contributed by atoms with Crippen molar-refractivity contribution in [2.24, 2.45) is 0 Å². The summed E-state index contributed by atoms with van der Waals surface area (Å²) in [5.41, 5.74) is 4.49. The summed E-state index contributed by atoms with van der Waals surface area (Å²) in [6, 6.07) is 19.6. The molecule has 0 atom stereocenters. The predicted octanol–water partition coefficient (Wildman–Crippen LogP) is 1.99. The second-order valence-corrected chi connectivity index (χ2v) is 4.29. The standard InChI is InChI=1S/C14H16B/c1-12-7-5-6-8-13(12)11-15-14-9-3-2-4-10-14/h2-10H,11,15H2,1H3/q-1. The zero-order valence-corrected chi connectivity index (χ0v) is 9.40. The minimum Gasteiger partial charge on any atom is -0.217 e. The van der Waals surface area contributed by atoms with Gasteiger partial charge in [-0.25, -0.2) is 5.46 Å². The lowest BCUT2D eigenvalue weighted by Gasteiger charge is -2.10. The summed E-state index contributed by atoms with van der Waals surface area (Å²) in [5.74, 6) is 0. The molecule has 0 spiro atoms. The van der Waals surface area contributed by atoms with Gasteiger partial charge in [0.25, 0.3) is 0 Å². The quantitative estimate of drug-likeness (QED) is 0.657. The van der Waals surface area contributed by atoms with Crippen molar-refractivity contribution >= 4 is 12.7 Å². The molecule has 2 rings (SSSR count). The number of hydrogen-bond donors (Lipinski definition) is 0. The topological polar surface area (TPSA) is 0 Å². The van der Waals surface area contributed by atoms with E-state index in [0.717, 1.165) is 0 Å². The monoisotopic (exact) mass is 195 g/mol. The molecular formula is C14H16B-. The molecule has 0 radical (unpaired) electrons. The second-order valence-electron chi connectivity index (χ2n) is 4.29. The average molecular weight is 195 g/mol. The molecule has 0 nitrogen and oxygen atoms in total. The van der Waals surface area contributed by atoms with Gasteiger partial charge in [-0.15, -0.1) is 0 Å². The van der Waals surface area contributed by atoms with Crippen LogP contribution in [0.1, 0.15) is 11.1 Å². The van der Waals surface area contributed by atoms with Gasteiger partial charge in [-0.2, -0.15) is 6.32 Å². The van der Waals surface area contributed by atoms with Crippen LogP contribution in [0.2, 0.25) is 0 Å². The zero-order chi connectivity index (χ0) is 10.5. The van der Waals surface area contributed by atoms with E-state index in [0.29, 0.717) is 0 Å². The average Bonchev–Trinajstić information content (AvgIpc) is 2.29. The number of rotatable bonds is 3. The van der Waals surface area contributed by atoms with Crippen molar-refractivity contribution in [2.75, 3.05) is 0 Å². The van der Waals surface area contributed by atoms with Crippen molar-refractivity contribution in [2.45, 2.75) is 13.2 Å². The smallest absolute Gasteiger partial charge is 0.000581 e. The third-order valence-electron chi connectivity index (χ3n) is 3.17. The largest absolute Gasteiger partial charge is 0.217 e. The highest BCUT2D eigenvalue weighted by atomic mass is 13.9. The Morgan fingerprint density at radius 3 is 2.27 bits per heavy atom. The van der Waals surface area contributed by atoms with Crippen LogP contribution in [0.4, 0.5) is 0 Å². The molecule has 15 heavy (non-hydrogen) atoms. The molecule has 0 N–H and O–H groups in total. The minimum atomic E-state index is -0.00491. The van der Waals surface area contributed by atoms with Crippen molar-refractivity contribution in [1.82, 2.24) is 0 Å². The van der Waals surface area contributed by atoms with Crippen molar-refractivity contribution in [3.63, 3.8) is 0 Å². The van der Waals surface area contributed by atoms with Crippen LogP contribution in [0.25, 0.3) is 0 Å². The van der Waals surface area contributed by atoms with Gasteiger partial charge in [0, 0.05) is 7.28 Å². The van der Waals surface area contributed by atoms with Crippen LogP contribution in [0.5, 0.6) is 0 Å². The lowest BCUT2D eigenvalue weighted by atomic mass is 9.65. The molecule has 2 aromatic carbocycles. The maximum atomic E-state index is 2.25. The summed E-state index contributed by atoms with van der Waals surface area (Å²) in [7, 11) is -0.00491. The Labute approximate surface area is 92.2 Å². The summed E-state index contributed by atoms with van der Waals surface area (Å²) in [5, 5.41) is 0. The van der Waals surface area contributed by atoms with Crippen LogP contribution in [0.15, 0.2) is 54.6 Å². The van der Waals surface area contributed by atoms with E-state index < -0.39 is 0 Å². The number of hydrogen-bond acceptors (Lipinski definition) is 0. The normalized spacial score (nSPS) is 10.2. The van der Waals surface area contributed by atoms with Crippen molar-refractivity contribution in [3.8, 4) is 0 Å². The summed E-state index contributed by atoms with van der Waals surface area (Å²) < 4.78 is 0. The molecule has 1 heteroatoms. The fourth-order valence-corrected chi connectivity index (χ4v) is 2.17. The summed E-state index contributed by atoms with van der Waals surface area (Å²) in [6.07, 6.45) is 1.26. The highest BCUT2D eigenvalue weighted by Crippen LogP contribution is 2.06. The predicted molar refractivity (Wildman–Crippen MR) is 69.5 cm³/mol. The Morgan fingerprint density at radius 2 is 1.53 bits per heavy atom. The first-order valence-electron chi connectivity index (χ1n) is 5.80. The lowest BCUT2D eigenvalue weighted by molar-refractivity contribution is 1.29. The van der Waals surface area contributed by atoms with E-state index in [2.05, 4.69) is 61.5 Å². The third kappa shape index (κ3) is 2.72. The Morgan fingerprint density at radius 1 is 0.867 bits per heavy atom. The van der Waals surface area contributed by atoms with Gasteiger partial charge in [-0.05, 0) is 6.92 Å². The van der Waals surface area contributed by atoms with Crippen molar-refractivity contribution in [3.05, 3.63) is 65.7 Å². The van der Waals surface area contributed by atoms with Gasteiger partial charge in [0.05, 0.1) is 0 Å². The molecule has 0 aliphatic heterocycles. The Bertz CT molecular complexity index is 420. The third-order valence-corrected chi connectivity index (χ3v) is 3.17. The molecule has 0 aromatic heterocycles. The molecule has 0 bridgehead atoms. The van der Waals surface area contributed by atoms with Gasteiger partial charge in [0.15, 0.2) is 0 Å². The first-order valence-corrected chi connectivity index (χ1v) is 5.80. The van der Waals surface area contributed by atoms with Gasteiger partial charge >= 0.3 is 0 Å². The minimum absolute atomic E-state index is 0.00491. The van der Waals surface area contributed by atoms with Gasteiger partial charge in [0.2, 0.25) is 0 Å². The molecule has 0 saturated carbocycles. The maximum absolute atomic E-state index is 2.25. The molecular weight excluding hydrogens is 179 g/mol. The van der Waals surface area contributed by atoms with Crippen LogP contribution >= 0.6 is 0 Å². The first-order chi connectivity index (χ1) is 7.36. The molecule has 76 valence electrons. The van der Waals surface area contributed by atoms with Gasteiger partial charge in [-0.3, -0.25) is 0 Å². The molecule has 2 aromatic rings. The van der Waals surface area contributed by atoms with Crippen LogP contribution in [-0.2, 0) is 6.32 Å². The van der Waals surface area contributed by atoms with E-state index in [4.69, 9.17) is 0 Å². The van der Waals surface area contributed by atoms with Gasteiger partial charge in [0.1, 0.15) is 0 Å². The van der Waals surface area contributed by atoms with E-state index in [1.165, 1.54) is 17.4 Å². The number of benzene rings is 2. The summed E-state index contributed by atoms with van der Waals surface area (Å²) >= 11 is 0. The zero-order valence-electron chi connectivity index (χ0n) is 9.40. The van der Waals surface area contributed by atoms with Crippen LogP contribution in [0.3, 0.4) is 0 Å². The summed E-state index contributed by atoms with van der Waals surface area (Å²) in [6.45, 7) is 2.20. The SMILES string of the molecule is Cc1ccccc1C[BH2-]c1ccccc1. The molecule has 0 aliphatic rings. The van der Waals surface area contributed by atoms with E-state index in [9.17, 15) is 0 Å². The Hall–Kier alpha value is -1.50. The highest BCUT2D eigenvalue weighted by Gasteiger charge is 1.93. The molecule has 0 amide bonds. The molecule has 0 unspecified atom stereocenters. The first kappa shape index (κ1) is 10.0. The molecule has 0 fully saturated rings. The van der Waals surface area contributed by atoms with Crippen LogP contribution in [0, 0.1) is 6.92 Å².